The van der Waals surface area contributed by atoms with Gasteiger partial charge in [-0.2, -0.15) is 0 Å². The lowest BCUT2D eigenvalue weighted by Crippen LogP contribution is -2.54. The van der Waals surface area contributed by atoms with Crippen molar-refractivity contribution in [2.75, 3.05) is 25.4 Å². The number of nitrogen functional groups attached to an aromatic ring is 1. The van der Waals surface area contributed by atoms with E-state index in [1.165, 1.54) is 18.4 Å². The Kier molecular flexibility index (Phi) is 5.36. The molecule has 1 aliphatic carbocycles. The molecule has 4 nitrogen and oxygen atoms in total. The Morgan fingerprint density at radius 1 is 1.29 bits per heavy atom. The summed E-state index contributed by atoms with van der Waals surface area (Å²) >= 11 is 6.15. The lowest BCUT2D eigenvalue weighted by molar-refractivity contribution is -0.140. The Bertz CT molecular complexity index is 613. The van der Waals surface area contributed by atoms with Gasteiger partial charge in [0.15, 0.2) is 0 Å². The van der Waals surface area contributed by atoms with Crippen LogP contribution >= 0.6 is 11.6 Å². The van der Waals surface area contributed by atoms with Crippen LogP contribution in [0.1, 0.15) is 43.7 Å². The van der Waals surface area contributed by atoms with E-state index in [0.29, 0.717) is 10.9 Å². The zero-order valence-electron chi connectivity index (χ0n) is 14.7. The van der Waals surface area contributed by atoms with Crippen LogP contribution < -0.4 is 5.73 Å². The second-order valence-corrected chi connectivity index (χ2v) is 7.81. The highest BCUT2D eigenvalue weighted by atomic mass is 35.5. The SMILES string of the molecule is Cc1c(N)cc(Cl)cc1CN1CCN(C(=O)C2CCCC2)[C@@H](C)C1. The number of piperazine rings is 1. The smallest absolute Gasteiger partial charge is 0.226 e. The van der Waals surface area contributed by atoms with Crippen LogP contribution in [0.15, 0.2) is 12.1 Å². The quantitative estimate of drug-likeness (QED) is 0.850. The Balaban J connectivity index is 1.62. The van der Waals surface area contributed by atoms with E-state index in [4.69, 9.17) is 17.3 Å². The number of halogens is 1. The van der Waals surface area contributed by atoms with Crippen LogP contribution in [0.4, 0.5) is 5.69 Å². The minimum absolute atomic E-state index is 0.267. The van der Waals surface area contributed by atoms with Crippen molar-refractivity contribution < 1.29 is 4.79 Å². The van der Waals surface area contributed by atoms with Gasteiger partial charge in [-0.15, -0.1) is 0 Å². The first kappa shape index (κ1) is 17.6. The van der Waals surface area contributed by atoms with Crippen LogP contribution in [-0.2, 0) is 11.3 Å². The topological polar surface area (TPSA) is 49.6 Å². The third kappa shape index (κ3) is 3.70. The normalized spacial score (nSPS) is 23.0. The highest BCUT2D eigenvalue weighted by molar-refractivity contribution is 6.31. The van der Waals surface area contributed by atoms with Gasteiger partial charge in [0.05, 0.1) is 0 Å². The van der Waals surface area contributed by atoms with Crippen LogP contribution in [0.2, 0.25) is 5.02 Å². The summed E-state index contributed by atoms with van der Waals surface area (Å²) in [6.07, 6.45) is 4.57. The predicted octanol–water partition coefficient (Wildman–Crippen LogP) is 3.45. The fourth-order valence-corrected chi connectivity index (χ4v) is 4.32. The molecule has 1 heterocycles. The average molecular weight is 350 g/mol. The van der Waals surface area contributed by atoms with Gasteiger partial charge < -0.3 is 10.6 Å². The van der Waals surface area contributed by atoms with Gasteiger partial charge in [0.2, 0.25) is 5.91 Å². The molecule has 0 aromatic heterocycles. The van der Waals surface area contributed by atoms with E-state index in [-0.39, 0.29) is 12.0 Å². The summed E-state index contributed by atoms with van der Waals surface area (Å²) in [5, 5.41) is 0.691. The Morgan fingerprint density at radius 3 is 2.67 bits per heavy atom. The second-order valence-electron chi connectivity index (χ2n) is 7.38. The largest absolute Gasteiger partial charge is 0.398 e. The van der Waals surface area contributed by atoms with Gasteiger partial charge in [0.25, 0.3) is 0 Å². The van der Waals surface area contributed by atoms with E-state index in [1.54, 1.807) is 6.07 Å². The average Bonchev–Trinajstić information content (AvgIpc) is 3.06. The molecule has 0 bridgehead atoms. The lowest BCUT2D eigenvalue weighted by Gasteiger charge is -2.41. The lowest BCUT2D eigenvalue weighted by atomic mass is 10.0. The molecular formula is C19H28ClN3O. The maximum Gasteiger partial charge on any atom is 0.226 e. The molecule has 0 radical (unpaired) electrons. The molecule has 24 heavy (non-hydrogen) atoms. The molecule has 0 spiro atoms. The molecule has 1 amide bonds. The van der Waals surface area contributed by atoms with Gasteiger partial charge in [-0.3, -0.25) is 9.69 Å². The van der Waals surface area contributed by atoms with Crippen molar-refractivity contribution in [3.63, 3.8) is 0 Å². The zero-order chi connectivity index (χ0) is 17.3. The number of carbonyl (C=O) groups is 1. The molecule has 1 atom stereocenters. The number of hydrogen-bond donors (Lipinski definition) is 1. The molecule has 1 aromatic rings. The van der Waals surface area contributed by atoms with Crippen LogP contribution in [0, 0.1) is 12.8 Å². The molecular weight excluding hydrogens is 322 g/mol. The molecule has 0 unspecified atom stereocenters. The van der Waals surface area contributed by atoms with E-state index in [0.717, 1.165) is 50.3 Å². The monoisotopic (exact) mass is 349 g/mol. The van der Waals surface area contributed by atoms with E-state index in [9.17, 15) is 4.79 Å². The molecule has 1 saturated heterocycles. The first-order valence-corrected chi connectivity index (χ1v) is 9.41. The first-order chi connectivity index (χ1) is 11.5. The van der Waals surface area contributed by atoms with Gasteiger partial charge in [0, 0.05) is 48.8 Å². The van der Waals surface area contributed by atoms with Crippen LogP contribution in [0.25, 0.3) is 0 Å². The third-order valence-electron chi connectivity index (χ3n) is 5.61. The molecule has 1 saturated carbocycles. The van der Waals surface area contributed by atoms with Crippen molar-refractivity contribution in [1.29, 1.82) is 0 Å². The van der Waals surface area contributed by atoms with Crippen molar-refractivity contribution in [2.24, 2.45) is 5.92 Å². The number of carbonyl (C=O) groups excluding carboxylic acids is 1. The fourth-order valence-electron chi connectivity index (χ4n) is 4.08. The molecule has 2 N–H and O–H groups in total. The summed E-state index contributed by atoms with van der Waals surface area (Å²) in [4.78, 5) is 17.2. The minimum Gasteiger partial charge on any atom is -0.398 e. The fraction of sp³-hybridized carbons (Fsp3) is 0.632. The van der Waals surface area contributed by atoms with Gasteiger partial charge in [0.1, 0.15) is 0 Å². The van der Waals surface area contributed by atoms with Crippen molar-refractivity contribution >= 4 is 23.2 Å². The Hall–Kier alpha value is -1.26. The standard InChI is InChI=1S/C19H28ClN3O/c1-13-11-22(12-16-9-17(20)10-18(21)14(16)2)7-8-23(13)19(24)15-5-3-4-6-15/h9-10,13,15H,3-8,11-12,21H2,1-2H3/t13-/m0/s1. The maximum atomic E-state index is 12.7. The summed E-state index contributed by atoms with van der Waals surface area (Å²) in [5.41, 5.74) is 9.07. The first-order valence-electron chi connectivity index (χ1n) is 9.03. The van der Waals surface area contributed by atoms with Gasteiger partial charge in [-0.1, -0.05) is 24.4 Å². The van der Waals surface area contributed by atoms with Crippen LogP contribution in [0.3, 0.4) is 0 Å². The number of nitrogens with zero attached hydrogens (tertiary/aromatic N) is 2. The number of amides is 1. The molecule has 1 aliphatic heterocycles. The zero-order valence-corrected chi connectivity index (χ0v) is 15.5. The van der Waals surface area contributed by atoms with E-state index in [1.807, 2.05) is 13.0 Å². The molecule has 2 fully saturated rings. The van der Waals surface area contributed by atoms with E-state index >= 15 is 0 Å². The Labute approximate surface area is 149 Å². The molecule has 5 heteroatoms. The summed E-state index contributed by atoms with van der Waals surface area (Å²) in [6, 6.07) is 4.08. The number of hydrogen-bond acceptors (Lipinski definition) is 3. The Morgan fingerprint density at radius 2 is 2.00 bits per heavy atom. The van der Waals surface area contributed by atoms with Crippen molar-refractivity contribution in [3.05, 3.63) is 28.3 Å². The third-order valence-corrected chi connectivity index (χ3v) is 5.83. The predicted molar refractivity (Wildman–Crippen MR) is 99.0 cm³/mol. The molecule has 132 valence electrons. The van der Waals surface area contributed by atoms with Crippen molar-refractivity contribution in [2.45, 2.75) is 52.1 Å². The maximum absolute atomic E-state index is 12.7. The van der Waals surface area contributed by atoms with Crippen LogP contribution in [-0.4, -0.2) is 41.4 Å². The summed E-state index contributed by atoms with van der Waals surface area (Å²) in [6.45, 7) is 7.69. The van der Waals surface area contributed by atoms with Crippen molar-refractivity contribution in [1.82, 2.24) is 9.80 Å². The second kappa shape index (κ2) is 7.32. The highest BCUT2D eigenvalue weighted by Crippen LogP contribution is 2.29. The van der Waals surface area contributed by atoms with E-state index < -0.39 is 0 Å². The number of rotatable bonds is 3. The van der Waals surface area contributed by atoms with Crippen molar-refractivity contribution in [3.8, 4) is 0 Å². The van der Waals surface area contributed by atoms with Gasteiger partial charge >= 0.3 is 0 Å². The number of nitrogens with two attached hydrogens (primary N) is 1. The van der Waals surface area contributed by atoms with E-state index in [2.05, 4.69) is 16.7 Å². The summed E-state index contributed by atoms with van der Waals surface area (Å²) in [7, 11) is 0. The van der Waals surface area contributed by atoms with Gasteiger partial charge in [-0.05, 0) is 49.9 Å². The number of benzene rings is 1. The number of anilines is 1. The van der Waals surface area contributed by atoms with Gasteiger partial charge in [-0.25, -0.2) is 0 Å². The van der Waals surface area contributed by atoms with Crippen LogP contribution in [0.5, 0.6) is 0 Å². The summed E-state index contributed by atoms with van der Waals surface area (Å²) in [5.74, 6) is 0.650. The molecule has 1 aromatic carbocycles. The minimum atomic E-state index is 0.267. The summed E-state index contributed by atoms with van der Waals surface area (Å²) < 4.78 is 0. The molecule has 2 aliphatic rings. The highest BCUT2D eigenvalue weighted by Gasteiger charge is 2.33. The molecule has 3 rings (SSSR count).